The van der Waals surface area contributed by atoms with Crippen molar-refractivity contribution < 1.29 is 26.7 Å². The average molecular weight is 575 g/mol. The molecule has 1 aromatic heterocycles. The smallest absolute Gasteiger partial charge is 0.257 e. The summed E-state index contributed by atoms with van der Waals surface area (Å²) >= 11 is 10.3. The molecule has 1 fully saturated rings. The highest BCUT2D eigenvalue weighted by molar-refractivity contribution is 7.89. The molecule has 1 aliphatic rings. The minimum Gasteiger partial charge on any atom is -0.755 e. The minimum absolute atomic E-state index is 0.00348. The fourth-order valence-electron chi connectivity index (χ4n) is 3.40. The molecule has 14 heteroatoms. The molecule has 1 unspecified atom stereocenters. The van der Waals surface area contributed by atoms with Crippen LogP contribution >= 0.6 is 34.5 Å². The van der Waals surface area contributed by atoms with Gasteiger partial charge in [0.05, 0.1) is 45.0 Å². The molecular weight excluding hydrogens is 557 g/mol. The Balaban J connectivity index is 1.60. The Morgan fingerprint density at radius 3 is 2.37 bits per heavy atom. The average Bonchev–Trinajstić information content (AvgIpc) is 3.26. The van der Waals surface area contributed by atoms with Crippen LogP contribution in [0.4, 0.5) is 16.4 Å². The van der Waals surface area contributed by atoms with Crippen molar-refractivity contribution in [3.05, 3.63) is 69.5 Å². The van der Waals surface area contributed by atoms with Gasteiger partial charge in [-0.1, -0.05) is 23.2 Å². The summed E-state index contributed by atoms with van der Waals surface area (Å²) in [5.41, 5.74) is 0.386. The first kappa shape index (κ1) is 26.0. The number of carbonyl (C=O) groups is 1. The van der Waals surface area contributed by atoms with Crippen LogP contribution in [0.25, 0.3) is 0 Å². The van der Waals surface area contributed by atoms with Gasteiger partial charge in [0, 0.05) is 23.8 Å². The summed E-state index contributed by atoms with van der Waals surface area (Å²) in [6, 6.07) is 13.0. The van der Waals surface area contributed by atoms with E-state index in [2.05, 4.69) is 5.32 Å². The van der Waals surface area contributed by atoms with E-state index in [1.807, 2.05) is 0 Å². The van der Waals surface area contributed by atoms with Crippen LogP contribution in [-0.4, -0.2) is 53.7 Å². The van der Waals surface area contributed by atoms with E-state index < -0.39 is 27.2 Å². The summed E-state index contributed by atoms with van der Waals surface area (Å²) in [7, 11) is -3.68. The number of hydrogen-bond acceptors (Lipinski definition) is 7. The molecule has 4 rings (SSSR count). The maximum absolute atomic E-state index is 13.1. The second-order valence-corrected chi connectivity index (χ2v) is 12.1. The second-order valence-electron chi connectivity index (χ2n) is 7.25. The van der Waals surface area contributed by atoms with E-state index in [0.717, 1.165) is 15.6 Å². The van der Waals surface area contributed by atoms with Crippen LogP contribution < -0.4 is 9.62 Å². The SMILES string of the molecule is O=C(Nc1ccc(S(=O)(=O)N2CCOCC2)cc1)c1cc(Cl)ccc1N(c1ccc(Cl)s1)S(=O)[O-]. The first-order valence-electron chi connectivity index (χ1n) is 10.1. The molecular formula is C21H18Cl2N3O6S3-. The van der Waals surface area contributed by atoms with E-state index in [-0.39, 0.29) is 39.3 Å². The van der Waals surface area contributed by atoms with E-state index >= 15 is 0 Å². The summed E-state index contributed by atoms with van der Waals surface area (Å²) < 4.78 is 57.6. The lowest BCUT2D eigenvalue weighted by atomic mass is 10.1. The molecule has 0 spiro atoms. The third-order valence-electron chi connectivity index (χ3n) is 5.05. The summed E-state index contributed by atoms with van der Waals surface area (Å²) in [5.74, 6) is -0.635. The monoisotopic (exact) mass is 574 g/mol. The maximum Gasteiger partial charge on any atom is 0.257 e. The van der Waals surface area contributed by atoms with E-state index in [1.165, 1.54) is 52.8 Å². The van der Waals surface area contributed by atoms with Gasteiger partial charge in [-0.05, 0) is 54.6 Å². The van der Waals surface area contributed by atoms with Gasteiger partial charge in [0.1, 0.15) is 5.00 Å². The van der Waals surface area contributed by atoms with Crippen molar-refractivity contribution >= 4 is 78.1 Å². The van der Waals surface area contributed by atoms with Crippen LogP contribution in [0.2, 0.25) is 9.36 Å². The van der Waals surface area contributed by atoms with Crippen LogP contribution in [0.1, 0.15) is 10.4 Å². The molecule has 9 nitrogen and oxygen atoms in total. The molecule has 0 bridgehead atoms. The molecule has 35 heavy (non-hydrogen) atoms. The van der Waals surface area contributed by atoms with Gasteiger partial charge in [-0.15, -0.1) is 11.3 Å². The van der Waals surface area contributed by atoms with Crippen molar-refractivity contribution in [3.63, 3.8) is 0 Å². The van der Waals surface area contributed by atoms with E-state index in [4.69, 9.17) is 27.9 Å². The van der Waals surface area contributed by atoms with Gasteiger partial charge in [-0.3, -0.25) is 13.3 Å². The highest BCUT2D eigenvalue weighted by atomic mass is 35.5. The lowest BCUT2D eigenvalue weighted by molar-refractivity contribution is 0.0730. The Morgan fingerprint density at radius 2 is 1.77 bits per heavy atom. The van der Waals surface area contributed by atoms with Crippen molar-refractivity contribution in [2.45, 2.75) is 4.90 Å². The zero-order valence-corrected chi connectivity index (χ0v) is 21.8. The summed E-state index contributed by atoms with van der Waals surface area (Å²) in [5, 5.41) is 3.18. The number of ether oxygens (including phenoxy) is 1. The summed E-state index contributed by atoms with van der Waals surface area (Å²) in [6.45, 7) is 1.20. The number of sulfonamides is 1. The number of amides is 1. The number of halogens is 2. The van der Waals surface area contributed by atoms with Gasteiger partial charge in [-0.2, -0.15) is 4.31 Å². The predicted molar refractivity (Wildman–Crippen MR) is 136 cm³/mol. The summed E-state index contributed by atoms with van der Waals surface area (Å²) in [6.07, 6.45) is 0. The third kappa shape index (κ3) is 5.87. The number of hydrogen-bond donors (Lipinski definition) is 1. The van der Waals surface area contributed by atoms with Gasteiger partial charge in [0.25, 0.3) is 5.91 Å². The zero-order chi connectivity index (χ0) is 25.2. The predicted octanol–water partition coefficient (Wildman–Crippen LogP) is 4.26. The molecule has 1 aliphatic heterocycles. The molecule has 1 N–H and O–H groups in total. The van der Waals surface area contributed by atoms with Crippen molar-refractivity contribution in [1.82, 2.24) is 4.31 Å². The number of anilines is 3. The second kappa shape index (κ2) is 10.9. The molecule has 2 heterocycles. The van der Waals surface area contributed by atoms with Crippen LogP contribution in [0.3, 0.4) is 0 Å². The standard InChI is InChI=1S/C21H19Cl2N3O6S3/c22-14-1-6-18(26(34(28)29)20-8-7-19(23)33-20)17(13-14)21(27)24-15-2-4-16(5-3-15)35(30,31)25-9-11-32-12-10-25/h1-8,13H,9-12H2,(H,24,27)(H,28,29)/p-1. The van der Waals surface area contributed by atoms with Crippen LogP contribution in [0.5, 0.6) is 0 Å². The molecule has 3 aromatic rings. The normalized spacial score (nSPS) is 15.5. The molecule has 0 saturated carbocycles. The van der Waals surface area contributed by atoms with Gasteiger partial charge in [0.15, 0.2) is 0 Å². The molecule has 1 amide bonds. The van der Waals surface area contributed by atoms with Gasteiger partial charge < -0.3 is 14.6 Å². The maximum atomic E-state index is 13.1. The van der Waals surface area contributed by atoms with E-state index in [0.29, 0.717) is 23.2 Å². The minimum atomic E-state index is -3.68. The van der Waals surface area contributed by atoms with Gasteiger partial charge in [0.2, 0.25) is 10.0 Å². The summed E-state index contributed by atoms with van der Waals surface area (Å²) in [4.78, 5) is 13.2. The van der Waals surface area contributed by atoms with Crippen LogP contribution in [0, 0.1) is 0 Å². The van der Waals surface area contributed by atoms with E-state index in [1.54, 1.807) is 6.07 Å². The molecule has 186 valence electrons. The number of carbonyl (C=O) groups excluding carboxylic acids is 1. The van der Waals surface area contributed by atoms with Gasteiger partial charge >= 0.3 is 0 Å². The number of nitrogens with zero attached hydrogens (tertiary/aromatic N) is 2. The molecule has 1 atom stereocenters. The Morgan fingerprint density at radius 1 is 1.09 bits per heavy atom. The first-order chi connectivity index (χ1) is 16.7. The van der Waals surface area contributed by atoms with Crippen molar-refractivity contribution in [2.24, 2.45) is 0 Å². The third-order valence-corrected chi connectivity index (χ3v) is 9.22. The lowest BCUT2D eigenvalue weighted by Gasteiger charge is -2.27. The van der Waals surface area contributed by atoms with Crippen molar-refractivity contribution in [1.29, 1.82) is 0 Å². The Bertz CT molecular complexity index is 1360. The number of morpholine rings is 1. The molecule has 0 radical (unpaired) electrons. The number of thiophene rings is 1. The van der Waals surface area contributed by atoms with Crippen molar-refractivity contribution in [2.75, 3.05) is 35.9 Å². The number of benzene rings is 2. The van der Waals surface area contributed by atoms with Crippen molar-refractivity contribution in [3.8, 4) is 0 Å². The molecule has 2 aromatic carbocycles. The highest BCUT2D eigenvalue weighted by Crippen LogP contribution is 2.38. The number of nitrogens with one attached hydrogen (secondary N) is 1. The highest BCUT2D eigenvalue weighted by Gasteiger charge is 2.26. The quantitative estimate of drug-likeness (QED) is 0.421. The number of rotatable bonds is 7. The zero-order valence-electron chi connectivity index (χ0n) is 17.8. The largest absolute Gasteiger partial charge is 0.755 e. The molecule has 0 aliphatic carbocycles. The Kier molecular flexibility index (Phi) is 8.13. The first-order valence-corrected chi connectivity index (χ1v) is 14.1. The fraction of sp³-hybridized carbons (Fsp3) is 0.190. The Labute approximate surface area is 218 Å². The fourth-order valence-corrected chi connectivity index (χ4v) is 6.75. The van der Waals surface area contributed by atoms with Crippen LogP contribution in [-0.2, 0) is 26.0 Å². The Hall–Kier alpha value is -2.03. The van der Waals surface area contributed by atoms with E-state index in [9.17, 15) is 22.0 Å². The van der Waals surface area contributed by atoms with Crippen LogP contribution in [0.15, 0.2) is 59.5 Å². The topological polar surface area (TPSA) is 119 Å². The lowest BCUT2D eigenvalue weighted by Crippen LogP contribution is -2.40. The molecule has 1 saturated heterocycles. The van der Waals surface area contributed by atoms with Gasteiger partial charge in [-0.25, -0.2) is 8.42 Å².